The first-order valence-electron chi connectivity index (χ1n) is 7.85. The van der Waals surface area contributed by atoms with Crippen molar-refractivity contribution in [3.63, 3.8) is 0 Å². The molecular weight excluding hydrogens is 328 g/mol. The second kappa shape index (κ2) is 10.3. The van der Waals surface area contributed by atoms with Crippen LogP contribution in [0.1, 0.15) is 19.4 Å². The fourth-order valence-electron chi connectivity index (χ4n) is 1.91. The van der Waals surface area contributed by atoms with Gasteiger partial charge >= 0.3 is 5.97 Å². The fraction of sp³-hybridized carbons (Fsp3) is 0.471. The number of methoxy groups -OCH3 is 1. The number of hydrogen-bond donors (Lipinski definition) is 3. The molecule has 2 amide bonds. The summed E-state index contributed by atoms with van der Waals surface area (Å²) in [7, 11) is 1.22. The smallest absolute Gasteiger partial charge is 0.325 e. The van der Waals surface area contributed by atoms with E-state index in [-0.39, 0.29) is 31.4 Å². The molecule has 1 atom stereocenters. The molecule has 25 heavy (non-hydrogen) atoms. The zero-order valence-corrected chi connectivity index (χ0v) is 14.6. The Balaban J connectivity index is 2.74. The summed E-state index contributed by atoms with van der Waals surface area (Å²) in [5.41, 5.74) is 0.737. The van der Waals surface area contributed by atoms with Gasteiger partial charge in [0.15, 0.2) is 0 Å². The van der Waals surface area contributed by atoms with Crippen LogP contribution in [0.15, 0.2) is 24.3 Å². The number of hydrogen-bond acceptors (Lipinski definition) is 6. The number of phenols is 1. The van der Waals surface area contributed by atoms with Crippen LogP contribution in [0, 0.1) is 0 Å². The minimum atomic E-state index is -0.891. The molecular formula is C17H24N2O6. The van der Waals surface area contributed by atoms with E-state index in [1.807, 2.05) is 0 Å². The van der Waals surface area contributed by atoms with E-state index in [2.05, 4.69) is 15.4 Å². The Hall–Kier alpha value is -2.61. The van der Waals surface area contributed by atoms with Gasteiger partial charge in [0.1, 0.15) is 24.9 Å². The summed E-state index contributed by atoms with van der Waals surface area (Å²) < 4.78 is 9.68. The summed E-state index contributed by atoms with van der Waals surface area (Å²) in [5.74, 6) is -1.45. The minimum absolute atomic E-state index is 0.102. The zero-order chi connectivity index (χ0) is 18.8. The van der Waals surface area contributed by atoms with Gasteiger partial charge in [-0.2, -0.15) is 0 Å². The summed E-state index contributed by atoms with van der Waals surface area (Å²) in [6.07, 6.45) is 0.0789. The van der Waals surface area contributed by atoms with Crippen LogP contribution in [0.2, 0.25) is 0 Å². The highest BCUT2D eigenvalue weighted by Crippen LogP contribution is 2.11. The van der Waals surface area contributed by atoms with Gasteiger partial charge in [-0.05, 0) is 31.5 Å². The van der Waals surface area contributed by atoms with Crippen molar-refractivity contribution in [2.75, 3.05) is 20.3 Å². The Kier molecular flexibility index (Phi) is 8.42. The molecule has 3 N–H and O–H groups in total. The van der Waals surface area contributed by atoms with Crippen LogP contribution in [-0.2, 0) is 30.3 Å². The maximum Gasteiger partial charge on any atom is 0.325 e. The molecule has 1 aromatic carbocycles. The SMILES string of the molecule is COC(=O)CNC(=O)[C@H](Cc1ccc(O)cc1)NC(=O)COC(C)C. The topological polar surface area (TPSA) is 114 Å². The van der Waals surface area contributed by atoms with E-state index in [1.54, 1.807) is 26.0 Å². The lowest BCUT2D eigenvalue weighted by Gasteiger charge is -2.19. The van der Waals surface area contributed by atoms with Crippen molar-refractivity contribution in [2.24, 2.45) is 0 Å². The highest BCUT2D eigenvalue weighted by molar-refractivity contribution is 5.90. The number of ether oxygens (including phenoxy) is 2. The molecule has 0 aliphatic heterocycles. The van der Waals surface area contributed by atoms with Gasteiger partial charge in [0.25, 0.3) is 0 Å². The zero-order valence-electron chi connectivity index (χ0n) is 14.6. The molecule has 0 aliphatic carbocycles. The number of carbonyl (C=O) groups excluding carboxylic acids is 3. The Morgan fingerprint density at radius 1 is 1.16 bits per heavy atom. The predicted molar refractivity (Wildman–Crippen MR) is 89.9 cm³/mol. The maximum absolute atomic E-state index is 12.3. The largest absolute Gasteiger partial charge is 0.508 e. The van der Waals surface area contributed by atoms with Gasteiger partial charge in [-0.15, -0.1) is 0 Å². The van der Waals surface area contributed by atoms with Gasteiger partial charge in [0, 0.05) is 6.42 Å². The van der Waals surface area contributed by atoms with E-state index >= 15 is 0 Å². The third-order valence-corrected chi connectivity index (χ3v) is 3.21. The fourth-order valence-corrected chi connectivity index (χ4v) is 1.91. The molecule has 0 aliphatic rings. The first kappa shape index (κ1) is 20.4. The van der Waals surface area contributed by atoms with Crippen molar-refractivity contribution in [3.8, 4) is 5.75 Å². The first-order valence-corrected chi connectivity index (χ1v) is 7.85. The summed E-state index contributed by atoms with van der Waals surface area (Å²) in [5, 5.41) is 14.3. The summed E-state index contributed by atoms with van der Waals surface area (Å²) in [6, 6.07) is 5.38. The predicted octanol–water partition coefficient (Wildman–Crippen LogP) is 0.134. The van der Waals surface area contributed by atoms with Crippen LogP contribution in [0.3, 0.4) is 0 Å². The number of nitrogens with one attached hydrogen (secondary N) is 2. The van der Waals surface area contributed by atoms with E-state index in [9.17, 15) is 19.5 Å². The standard InChI is InChI=1S/C17H24N2O6/c1-11(2)25-10-15(21)19-14(17(23)18-9-16(22)24-3)8-12-4-6-13(20)7-5-12/h4-7,11,14,20H,8-10H2,1-3H3,(H,18,23)(H,19,21)/t14-/m0/s1. The van der Waals surface area contributed by atoms with Crippen LogP contribution >= 0.6 is 0 Å². The number of aromatic hydroxyl groups is 1. The molecule has 0 saturated heterocycles. The second-order valence-electron chi connectivity index (χ2n) is 5.64. The van der Waals surface area contributed by atoms with Crippen molar-refractivity contribution in [3.05, 3.63) is 29.8 Å². The van der Waals surface area contributed by atoms with E-state index in [1.165, 1.54) is 19.2 Å². The van der Waals surface area contributed by atoms with Crippen LogP contribution in [0.4, 0.5) is 0 Å². The second-order valence-corrected chi connectivity index (χ2v) is 5.64. The van der Waals surface area contributed by atoms with Crippen molar-refractivity contribution in [2.45, 2.75) is 32.4 Å². The average molecular weight is 352 g/mol. The van der Waals surface area contributed by atoms with Gasteiger partial charge in [-0.1, -0.05) is 12.1 Å². The molecule has 8 nitrogen and oxygen atoms in total. The summed E-state index contributed by atoms with van der Waals surface area (Å²) >= 11 is 0. The number of amides is 2. The lowest BCUT2D eigenvalue weighted by Crippen LogP contribution is -2.50. The molecule has 0 saturated carbocycles. The highest BCUT2D eigenvalue weighted by Gasteiger charge is 2.22. The third kappa shape index (κ3) is 8.16. The molecule has 0 aromatic heterocycles. The third-order valence-electron chi connectivity index (χ3n) is 3.21. The van der Waals surface area contributed by atoms with E-state index in [4.69, 9.17) is 4.74 Å². The minimum Gasteiger partial charge on any atom is -0.508 e. The molecule has 1 aromatic rings. The van der Waals surface area contributed by atoms with Crippen molar-refractivity contribution >= 4 is 17.8 Å². The molecule has 8 heteroatoms. The average Bonchev–Trinajstić information content (AvgIpc) is 2.58. The lowest BCUT2D eigenvalue weighted by molar-refractivity contribution is -0.141. The molecule has 138 valence electrons. The van der Waals surface area contributed by atoms with Crippen LogP contribution in [0.25, 0.3) is 0 Å². The number of rotatable bonds is 9. The first-order chi connectivity index (χ1) is 11.8. The maximum atomic E-state index is 12.3. The number of benzene rings is 1. The van der Waals surface area contributed by atoms with Gasteiger partial charge in [-0.3, -0.25) is 14.4 Å². The van der Waals surface area contributed by atoms with Gasteiger partial charge in [-0.25, -0.2) is 0 Å². The monoisotopic (exact) mass is 352 g/mol. The number of esters is 1. The normalized spacial score (nSPS) is 11.7. The molecule has 0 radical (unpaired) electrons. The van der Waals surface area contributed by atoms with Gasteiger partial charge < -0.3 is 25.2 Å². The van der Waals surface area contributed by atoms with Crippen LogP contribution < -0.4 is 10.6 Å². The van der Waals surface area contributed by atoms with Gasteiger partial charge in [0.05, 0.1) is 13.2 Å². The quantitative estimate of drug-likeness (QED) is 0.545. The lowest BCUT2D eigenvalue weighted by atomic mass is 10.0. The van der Waals surface area contributed by atoms with E-state index in [0.717, 1.165) is 5.56 Å². The number of phenolic OH excluding ortho intramolecular Hbond substituents is 1. The number of carbonyl (C=O) groups is 3. The van der Waals surface area contributed by atoms with Crippen molar-refractivity contribution in [1.29, 1.82) is 0 Å². The van der Waals surface area contributed by atoms with Gasteiger partial charge in [0.2, 0.25) is 11.8 Å². The molecule has 0 unspecified atom stereocenters. The Labute approximate surface area is 146 Å². The molecule has 0 heterocycles. The Bertz CT molecular complexity index is 585. The van der Waals surface area contributed by atoms with Crippen LogP contribution in [-0.4, -0.2) is 55.3 Å². The molecule has 0 fully saturated rings. The molecule has 1 rings (SSSR count). The van der Waals surface area contributed by atoms with E-state index in [0.29, 0.717) is 0 Å². The highest BCUT2D eigenvalue weighted by atomic mass is 16.5. The van der Waals surface area contributed by atoms with E-state index < -0.39 is 23.8 Å². The van der Waals surface area contributed by atoms with Crippen LogP contribution in [0.5, 0.6) is 5.75 Å². The molecule has 0 bridgehead atoms. The summed E-state index contributed by atoms with van der Waals surface area (Å²) in [4.78, 5) is 35.4. The Morgan fingerprint density at radius 2 is 1.80 bits per heavy atom. The van der Waals surface area contributed by atoms with Crippen molar-refractivity contribution in [1.82, 2.24) is 10.6 Å². The summed E-state index contributed by atoms with van der Waals surface area (Å²) in [6.45, 7) is 3.13. The van der Waals surface area contributed by atoms with Crippen molar-refractivity contribution < 1.29 is 29.0 Å². The molecule has 0 spiro atoms. The Morgan fingerprint density at radius 3 is 2.36 bits per heavy atom.